The number of hydrogen-bond donors (Lipinski definition) is 2. The van der Waals surface area contributed by atoms with E-state index < -0.39 is 15.9 Å². The molecule has 0 atom stereocenters. The molecule has 0 heterocycles. The van der Waals surface area contributed by atoms with Crippen LogP contribution in [0.5, 0.6) is 5.75 Å². The highest BCUT2D eigenvalue weighted by Gasteiger charge is 2.16. The molecule has 0 radical (unpaired) electrons. The summed E-state index contributed by atoms with van der Waals surface area (Å²) >= 11 is 0. The molecule has 0 bridgehead atoms. The van der Waals surface area contributed by atoms with Crippen molar-refractivity contribution in [2.24, 2.45) is 0 Å². The highest BCUT2D eigenvalue weighted by Crippen LogP contribution is 2.17. The monoisotopic (exact) mass is 376 g/mol. The number of para-hydroxylation sites is 1. The number of nitrogens with one attached hydrogen (secondary N) is 2. The van der Waals surface area contributed by atoms with E-state index in [1.54, 1.807) is 18.2 Å². The summed E-state index contributed by atoms with van der Waals surface area (Å²) in [4.78, 5) is 12.2. The van der Waals surface area contributed by atoms with Gasteiger partial charge in [-0.15, -0.1) is 0 Å². The largest absolute Gasteiger partial charge is 0.491 e. The third-order valence-corrected chi connectivity index (χ3v) is 5.02. The molecule has 0 fully saturated rings. The molecule has 7 heteroatoms. The topological polar surface area (TPSA) is 84.5 Å². The second kappa shape index (κ2) is 8.82. The van der Waals surface area contributed by atoms with Gasteiger partial charge >= 0.3 is 0 Å². The SMILES string of the molecule is CCc1ccccc1NC(=O)CNS(=O)(=O)c1ccc(OC(C)C)cc1. The van der Waals surface area contributed by atoms with E-state index in [1.165, 1.54) is 12.1 Å². The molecule has 0 saturated heterocycles. The van der Waals surface area contributed by atoms with E-state index in [-0.39, 0.29) is 17.5 Å². The van der Waals surface area contributed by atoms with Crippen LogP contribution in [-0.2, 0) is 21.2 Å². The first-order valence-corrected chi connectivity index (χ1v) is 9.94. The fourth-order valence-electron chi connectivity index (χ4n) is 2.36. The molecule has 0 aliphatic carbocycles. The highest BCUT2D eigenvalue weighted by atomic mass is 32.2. The molecule has 2 aromatic carbocycles. The fourth-order valence-corrected chi connectivity index (χ4v) is 3.34. The van der Waals surface area contributed by atoms with Crippen molar-refractivity contribution in [3.63, 3.8) is 0 Å². The van der Waals surface area contributed by atoms with Gasteiger partial charge < -0.3 is 10.1 Å². The maximum Gasteiger partial charge on any atom is 0.241 e. The Balaban J connectivity index is 1.97. The van der Waals surface area contributed by atoms with Crippen molar-refractivity contribution in [3.05, 3.63) is 54.1 Å². The molecule has 26 heavy (non-hydrogen) atoms. The van der Waals surface area contributed by atoms with Crippen LogP contribution in [0.3, 0.4) is 0 Å². The molecule has 0 aliphatic rings. The number of hydrogen-bond acceptors (Lipinski definition) is 4. The van der Waals surface area contributed by atoms with Gasteiger partial charge in [0.2, 0.25) is 15.9 Å². The summed E-state index contributed by atoms with van der Waals surface area (Å²) in [5, 5.41) is 2.73. The average Bonchev–Trinajstić information content (AvgIpc) is 2.60. The van der Waals surface area contributed by atoms with Crippen LogP contribution >= 0.6 is 0 Å². The summed E-state index contributed by atoms with van der Waals surface area (Å²) < 4.78 is 32.4. The van der Waals surface area contributed by atoms with Gasteiger partial charge in [-0.2, -0.15) is 0 Å². The molecule has 0 unspecified atom stereocenters. The predicted octanol–water partition coefficient (Wildman–Crippen LogP) is 2.95. The molecule has 2 rings (SSSR count). The Bertz CT molecular complexity index is 846. The van der Waals surface area contributed by atoms with Crippen LogP contribution in [0.1, 0.15) is 26.3 Å². The van der Waals surface area contributed by atoms with Gasteiger partial charge in [-0.05, 0) is 56.2 Å². The van der Waals surface area contributed by atoms with Crippen LogP contribution in [-0.4, -0.2) is 27.0 Å². The molecule has 2 N–H and O–H groups in total. The van der Waals surface area contributed by atoms with Gasteiger partial charge in [0.05, 0.1) is 17.5 Å². The van der Waals surface area contributed by atoms with Crippen LogP contribution < -0.4 is 14.8 Å². The van der Waals surface area contributed by atoms with Gasteiger partial charge in [0.1, 0.15) is 5.75 Å². The van der Waals surface area contributed by atoms with E-state index >= 15 is 0 Å². The lowest BCUT2D eigenvalue weighted by Gasteiger charge is -2.12. The minimum Gasteiger partial charge on any atom is -0.491 e. The first-order valence-electron chi connectivity index (χ1n) is 8.46. The van der Waals surface area contributed by atoms with Crippen molar-refractivity contribution in [2.75, 3.05) is 11.9 Å². The standard InChI is InChI=1S/C19H24N2O4S/c1-4-15-7-5-6-8-18(15)21-19(22)13-20-26(23,24)17-11-9-16(10-12-17)25-14(2)3/h5-12,14,20H,4,13H2,1-3H3,(H,21,22). The molecule has 140 valence electrons. The quantitative estimate of drug-likeness (QED) is 0.742. The zero-order valence-electron chi connectivity index (χ0n) is 15.2. The number of sulfonamides is 1. The second-order valence-electron chi connectivity index (χ2n) is 6.02. The summed E-state index contributed by atoms with van der Waals surface area (Å²) in [5.74, 6) is 0.169. The molecule has 0 spiro atoms. The van der Waals surface area contributed by atoms with Gasteiger partial charge in [0.15, 0.2) is 0 Å². The Morgan fingerprint density at radius 2 is 1.73 bits per heavy atom. The molecule has 2 aromatic rings. The Kier molecular flexibility index (Phi) is 6.76. The van der Waals surface area contributed by atoms with E-state index in [2.05, 4.69) is 10.0 Å². The third kappa shape index (κ3) is 5.57. The van der Waals surface area contributed by atoms with Gasteiger partial charge in [-0.3, -0.25) is 4.79 Å². The number of rotatable bonds is 8. The first-order chi connectivity index (χ1) is 12.3. The molecule has 0 saturated carbocycles. The van der Waals surface area contributed by atoms with Crippen molar-refractivity contribution < 1.29 is 17.9 Å². The normalized spacial score (nSPS) is 11.4. The summed E-state index contributed by atoms with van der Waals surface area (Å²) in [6.07, 6.45) is 0.776. The van der Waals surface area contributed by atoms with Gasteiger partial charge in [0, 0.05) is 5.69 Å². The lowest BCUT2D eigenvalue weighted by molar-refractivity contribution is -0.115. The number of carbonyl (C=O) groups excluding carboxylic acids is 1. The van der Waals surface area contributed by atoms with Gasteiger partial charge in [-0.1, -0.05) is 25.1 Å². The zero-order chi connectivity index (χ0) is 19.2. The summed E-state index contributed by atoms with van der Waals surface area (Å²) in [7, 11) is -3.77. The molecule has 1 amide bonds. The van der Waals surface area contributed by atoms with Crippen LogP contribution in [0.15, 0.2) is 53.4 Å². The molecule has 6 nitrogen and oxygen atoms in total. The molecule has 0 aromatic heterocycles. The summed E-state index contributed by atoms with van der Waals surface area (Å²) in [6.45, 7) is 5.42. The smallest absolute Gasteiger partial charge is 0.241 e. The van der Waals surface area contributed by atoms with Crippen molar-refractivity contribution in [3.8, 4) is 5.75 Å². The molecule has 0 aliphatic heterocycles. The number of amides is 1. The van der Waals surface area contributed by atoms with Gasteiger partial charge in [0.25, 0.3) is 0 Å². The van der Waals surface area contributed by atoms with E-state index in [9.17, 15) is 13.2 Å². The first kappa shape index (κ1) is 19.9. The maximum atomic E-state index is 12.3. The number of aryl methyl sites for hydroxylation is 1. The summed E-state index contributed by atoms with van der Waals surface area (Å²) in [5.41, 5.74) is 1.68. The second-order valence-corrected chi connectivity index (χ2v) is 7.79. The number of benzene rings is 2. The van der Waals surface area contributed by atoms with Crippen LogP contribution in [0.2, 0.25) is 0 Å². The van der Waals surface area contributed by atoms with E-state index in [4.69, 9.17) is 4.74 Å². The van der Waals surface area contributed by atoms with E-state index in [1.807, 2.05) is 39.0 Å². The average molecular weight is 376 g/mol. The Morgan fingerprint density at radius 3 is 2.35 bits per heavy atom. The van der Waals surface area contributed by atoms with Crippen LogP contribution in [0, 0.1) is 0 Å². The minimum atomic E-state index is -3.77. The van der Waals surface area contributed by atoms with Crippen molar-refractivity contribution in [2.45, 2.75) is 38.2 Å². The third-order valence-electron chi connectivity index (χ3n) is 3.60. The summed E-state index contributed by atoms with van der Waals surface area (Å²) in [6, 6.07) is 13.5. The molecular formula is C19H24N2O4S. The van der Waals surface area contributed by atoms with Crippen molar-refractivity contribution in [1.82, 2.24) is 4.72 Å². The van der Waals surface area contributed by atoms with E-state index in [0.29, 0.717) is 11.4 Å². The maximum absolute atomic E-state index is 12.3. The fraction of sp³-hybridized carbons (Fsp3) is 0.316. The van der Waals surface area contributed by atoms with Crippen LogP contribution in [0.4, 0.5) is 5.69 Å². The lowest BCUT2D eigenvalue weighted by Crippen LogP contribution is -2.33. The van der Waals surface area contributed by atoms with Crippen molar-refractivity contribution >= 4 is 21.6 Å². The van der Waals surface area contributed by atoms with E-state index in [0.717, 1.165) is 12.0 Å². The number of anilines is 1. The predicted molar refractivity (Wildman–Crippen MR) is 102 cm³/mol. The minimum absolute atomic E-state index is 0.00489. The zero-order valence-corrected chi connectivity index (χ0v) is 16.0. The van der Waals surface area contributed by atoms with Gasteiger partial charge in [-0.25, -0.2) is 13.1 Å². The van der Waals surface area contributed by atoms with Crippen LogP contribution in [0.25, 0.3) is 0 Å². The lowest BCUT2D eigenvalue weighted by atomic mass is 10.1. The van der Waals surface area contributed by atoms with Crippen molar-refractivity contribution in [1.29, 1.82) is 0 Å². The highest BCUT2D eigenvalue weighted by molar-refractivity contribution is 7.89. The molecular weight excluding hydrogens is 352 g/mol. The Hall–Kier alpha value is -2.38. The Labute approximate surface area is 154 Å². The Morgan fingerprint density at radius 1 is 1.08 bits per heavy atom. The number of carbonyl (C=O) groups is 1. The number of ether oxygens (including phenoxy) is 1.